The molecule has 7 nitrogen and oxygen atoms in total. The van der Waals surface area contributed by atoms with E-state index in [2.05, 4.69) is 0 Å². The molecule has 168 valence electrons. The molecule has 3 aromatic rings. The summed E-state index contributed by atoms with van der Waals surface area (Å²) >= 11 is 0. The molecular weight excluding hydrogens is 425 g/mol. The fraction of sp³-hybridized carbons (Fsp3) is 0.200. The lowest BCUT2D eigenvalue weighted by Gasteiger charge is -2.44. The molecule has 1 N–H and O–H groups in total. The lowest BCUT2D eigenvalue weighted by Crippen LogP contribution is -2.55. The first-order valence-electron chi connectivity index (χ1n) is 10.7. The number of benzene rings is 2. The van der Waals surface area contributed by atoms with Gasteiger partial charge in [0.15, 0.2) is 11.4 Å². The van der Waals surface area contributed by atoms with E-state index in [1.54, 1.807) is 11.0 Å². The summed E-state index contributed by atoms with van der Waals surface area (Å²) in [5, 5.41) is 12.4. The fourth-order valence-corrected chi connectivity index (χ4v) is 4.33. The van der Waals surface area contributed by atoms with Crippen LogP contribution in [0.15, 0.2) is 77.7 Å². The molecule has 33 heavy (non-hydrogen) atoms. The van der Waals surface area contributed by atoms with Crippen LogP contribution in [0.1, 0.15) is 34.1 Å². The molecule has 2 aromatic carbocycles. The predicted molar refractivity (Wildman–Crippen MR) is 120 cm³/mol. The van der Waals surface area contributed by atoms with Crippen molar-refractivity contribution in [3.8, 4) is 11.5 Å². The van der Waals surface area contributed by atoms with E-state index in [4.69, 9.17) is 4.74 Å². The molecule has 2 bridgehead atoms. The van der Waals surface area contributed by atoms with Gasteiger partial charge in [-0.05, 0) is 24.1 Å². The summed E-state index contributed by atoms with van der Waals surface area (Å²) in [6.07, 6.45) is 5.76. The SMILES string of the molecule is O=C1c2c(O)c(=O)ccn2N2CN1CC/C=C/COc1cc(F)ccc1[C@H]2c1ccccc1. The van der Waals surface area contributed by atoms with E-state index in [0.29, 0.717) is 24.3 Å². The van der Waals surface area contributed by atoms with Gasteiger partial charge in [0.2, 0.25) is 5.43 Å². The van der Waals surface area contributed by atoms with E-state index in [0.717, 1.165) is 5.56 Å². The number of nitrogens with zero attached hydrogens (tertiary/aromatic N) is 3. The molecule has 0 radical (unpaired) electrons. The average Bonchev–Trinajstić information content (AvgIpc) is 2.81. The highest BCUT2D eigenvalue weighted by molar-refractivity contribution is 5.96. The Morgan fingerprint density at radius 2 is 1.85 bits per heavy atom. The fourth-order valence-electron chi connectivity index (χ4n) is 4.33. The monoisotopic (exact) mass is 447 g/mol. The third kappa shape index (κ3) is 3.73. The van der Waals surface area contributed by atoms with Gasteiger partial charge in [0.05, 0.1) is 0 Å². The lowest BCUT2D eigenvalue weighted by atomic mass is 9.96. The van der Waals surface area contributed by atoms with Gasteiger partial charge < -0.3 is 14.7 Å². The summed E-state index contributed by atoms with van der Waals surface area (Å²) in [6.45, 7) is 0.848. The molecule has 1 amide bonds. The number of pyridine rings is 1. The van der Waals surface area contributed by atoms with Gasteiger partial charge in [-0.25, -0.2) is 4.39 Å². The van der Waals surface area contributed by atoms with Gasteiger partial charge in [-0.3, -0.25) is 19.3 Å². The number of hydrogen-bond donors (Lipinski definition) is 1. The Kier molecular flexibility index (Phi) is 5.34. The zero-order valence-corrected chi connectivity index (χ0v) is 17.7. The summed E-state index contributed by atoms with van der Waals surface area (Å²) in [6, 6.07) is 14.7. The summed E-state index contributed by atoms with van der Waals surface area (Å²) < 4.78 is 21.6. The quantitative estimate of drug-likeness (QED) is 0.580. The maximum absolute atomic E-state index is 14.2. The Hall–Kier alpha value is -4.07. The number of fused-ring (bicyclic) bond motifs is 5. The van der Waals surface area contributed by atoms with Crippen molar-refractivity contribution in [3.63, 3.8) is 0 Å². The second kappa shape index (κ2) is 8.46. The van der Waals surface area contributed by atoms with Crippen LogP contribution < -0.4 is 15.2 Å². The Bertz CT molecular complexity index is 1290. The maximum Gasteiger partial charge on any atom is 0.277 e. The molecule has 5 rings (SSSR count). The summed E-state index contributed by atoms with van der Waals surface area (Å²) in [4.78, 5) is 27.0. The number of aromatic hydroxyl groups is 1. The molecule has 0 saturated heterocycles. The number of halogens is 1. The van der Waals surface area contributed by atoms with E-state index < -0.39 is 28.9 Å². The molecule has 1 aromatic heterocycles. The Morgan fingerprint density at radius 3 is 2.67 bits per heavy atom. The number of hydrogen-bond acceptors (Lipinski definition) is 5. The van der Waals surface area contributed by atoms with Crippen molar-refractivity contribution >= 4 is 5.91 Å². The standard InChI is InChI=1S/C25H22FN3O4/c26-18-9-10-19-21(15-18)33-14-6-2-5-12-27-16-29(22(19)17-7-3-1-4-8-17)28-13-11-20(30)24(31)23(28)25(27)32/h1-4,6-11,13,15,22,31H,5,12,14,16H2/b6-2+/t22-/m1/s1. The lowest BCUT2D eigenvalue weighted by molar-refractivity contribution is 0.0682. The van der Waals surface area contributed by atoms with Crippen molar-refractivity contribution in [2.75, 3.05) is 24.8 Å². The molecular formula is C25H22FN3O4. The van der Waals surface area contributed by atoms with Gasteiger partial charge >= 0.3 is 0 Å². The van der Waals surface area contributed by atoms with Crippen LogP contribution >= 0.6 is 0 Å². The van der Waals surface area contributed by atoms with Gasteiger partial charge in [0.1, 0.15) is 30.9 Å². The van der Waals surface area contributed by atoms with Gasteiger partial charge in [-0.2, -0.15) is 0 Å². The molecule has 2 aliphatic heterocycles. The molecule has 0 saturated carbocycles. The van der Waals surface area contributed by atoms with Crippen LogP contribution in [0.2, 0.25) is 0 Å². The maximum atomic E-state index is 14.2. The molecule has 0 unspecified atom stereocenters. The number of aromatic nitrogens is 1. The normalized spacial score (nSPS) is 18.9. The molecule has 0 aliphatic carbocycles. The molecule has 8 heteroatoms. The zero-order chi connectivity index (χ0) is 22.9. The third-order valence-electron chi connectivity index (χ3n) is 5.89. The number of carbonyl (C=O) groups excluding carboxylic acids is 1. The van der Waals surface area contributed by atoms with Crippen molar-refractivity contribution in [1.82, 2.24) is 9.58 Å². The Labute approximate surface area is 189 Å². The van der Waals surface area contributed by atoms with Crippen molar-refractivity contribution in [2.45, 2.75) is 12.5 Å². The molecule has 0 spiro atoms. The minimum atomic E-state index is -0.625. The number of carbonyl (C=O) groups is 1. The highest BCUT2D eigenvalue weighted by atomic mass is 19.1. The summed E-state index contributed by atoms with van der Waals surface area (Å²) in [7, 11) is 0. The van der Waals surface area contributed by atoms with Crippen LogP contribution in [0.4, 0.5) is 4.39 Å². The van der Waals surface area contributed by atoms with Crippen molar-refractivity contribution in [2.24, 2.45) is 0 Å². The minimum absolute atomic E-state index is 0.0969. The molecule has 2 aliphatic rings. The van der Waals surface area contributed by atoms with E-state index in [9.17, 15) is 19.1 Å². The smallest absolute Gasteiger partial charge is 0.277 e. The van der Waals surface area contributed by atoms with Gasteiger partial charge in [0, 0.05) is 30.4 Å². The number of amides is 1. The van der Waals surface area contributed by atoms with Gasteiger partial charge in [-0.1, -0.05) is 42.5 Å². The van der Waals surface area contributed by atoms with Crippen LogP contribution in [0.5, 0.6) is 11.5 Å². The number of ether oxygens (including phenoxy) is 1. The van der Waals surface area contributed by atoms with Crippen LogP contribution in [-0.4, -0.2) is 40.4 Å². The van der Waals surface area contributed by atoms with E-state index >= 15 is 0 Å². The van der Waals surface area contributed by atoms with Crippen LogP contribution in [-0.2, 0) is 0 Å². The minimum Gasteiger partial charge on any atom is -0.502 e. The first-order valence-corrected chi connectivity index (χ1v) is 10.7. The first-order chi connectivity index (χ1) is 16.0. The first kappa shape index (κ1) is 20.8. The van der Waals surface area contributed by atoms with E-state index in [1.807, 2.05) is 47.5 Å². The average molecular weight is 447 g/mol. The number of rotatable bonds is 1. The van der Waals surface area contributed by atoms with Crippen molar-refractivity contribution < 1.29 is 19.0 Å². The van der Waals surface area contributed by atoms with Crippen LogP contribution in [0, 0.1) is 5.82 Å². The predicted octanol–water partition coefficient (Wildman–Crippen LogP) is 3.17. The Balaban J connectivity index is 1.79. The van der Waals surface area contributed by atoms with E-state index in [-0.39, 0.29) is 19.0 Å². The summed E-state index contributed by atoms with van der Waals surface area (Å²) in [5.74, 6) is -1.06. The van der Waals surface area contributed by atoms with Gasteiger partial charge in [0.25, 0.3) is 5.91 Å². The second-order valence-corrected chi connectivity index (χ2v) is 7.94. The highest BCUT2D eigenvalue weighted by Crippen LogP contribution is 2.37. The highest BCUT2D eigenvalue weighted by Gasteiger charge is 2.37. The van der Waals surface area contributed by atoms with Gasteiger partial charge in [-0.15, -0.1) is 0 Å². The molecule has 0 fully saturated rings. The Morgan fingerprint density at radius 1 is 1.03 bits per heavy atom. The zero-order valence-electron chi connectivity index (χ0n) is 17.7. The third-order valence-corrected chi connectivity index (χ3v) is 5.89. The van der Waals surface area contributed by atoms with Crippen molar-refractivity contribution in [3.05, 3.63) is 106 Å². The van der Waals surface area contributed by atoms with E-state index in [1.165, 1.54) is 29.1 Å². The van der Waals surface area contributed by atoms with Crippen LogP contribution in [0.25, 0.3) is 0 Å². The molecule has 1 atom stereocenters. The second-order valence-electron chi connectivity index (χ2n) is 7.94. The largest absolute Gasteiger partial charge is 0.502 e. The topological polar surface area (TPSA) is 75.0 Å². The summed E-state index contributed by atoms with van der Waals surface area (Å²) in [5.41, 5.74) is 0.842. The van der Waals surface area contributed by atoms with Crippen LogP contribution in [0.3, 0.4) is 0 Å². The molecule has 3 heterocycles. The van der Waals surface area contributed by atoms with Crippen molar-refractivity contribution in [1.29, 1.82) is 0 Å².